The molecule has 6 atom stereocenters. The smallest absolute Gasteiger partial charge is 0.462 e. The molecule has 0 aromatic carbocycles. The summed E-state index contributed by atoms with van der Waals surface area (Å²) in [5.74, 6) is 0.880. The van der Waals surface area contributed by atoms with Crippen molar-refractivity contribution in [1.29, 1.82) is 0 Å². The molecule has 0 saturated heterocycles. The van der Waals surface area contributed by atoms with Crippen LogP contribution in [0.3, 0.4) is 0 Å². The molecule has 0 aromatic rings. The fraction of sp³-hybridized carbons (Fsp3) is 0.945. The molecule has 3 N–H and O–H groups in total. The lowest BCUT2D eigenvalue weighted by molar-refractivity contribution is -0.161. The first-order valence-electron chi connectivity index (χ1n) is 37.7. The molecule has 546 valence electrons. The molecule has 0 aliphatic carbocycles. The number of hydrogen-bond donors (Lipinski definition) is 3. The molecule has 92 heavy (non-hydrogen) atoms. The third-order valence-electron chi connectivity index (χ3n) is 17.2. The molecule has 0 aliphatic rings. The monoisotopic (exact) mass is 1350 g/mol. The van der Waals surface area contributed by atoms with Crippen molar-refractivity contribution < 1.29 is 80.2 Å². The fourth-order valence-corrected chi connectivity index (χ4v) is 12.6. The van der Waals surface area contributed by atoms with E-state index < -0.39 is 97.5 Å². The average Bonchev–Trinajstić information content (AvgIpc) is 3.27. The second-order valence-electron chi connectivity index (χ2n) is 28.0. The first-order chi connectivity index (χ1) is 44.1. The van der Waals surface area contributed by atoms with Crippen LogP contribution in [0.25, 0.3) is 0 Å². The van der Waals surface area contributed by atoms with Crippen LogP contribution in [0.15, 0.2) is 0 Å². The van der Waals surface area contributed by atoms with Crippen molar-refractivity contribution in [3.05, 3.63) is 0 Å². The molecule has 0 radical (unpaired) electrons. The molecular weight excluding hydrogens is 1210 g/mol. The minimum Gasteiger partial charge on any atom is -0.462 e. The van der Waals surface area contributed by atoms with Crippen molar-refractivity contribution in [2.45, 2.75) is 382 Å². The summed E-state index contributed by atoms with van der Waals surface area (Å²) in [5.41, 5.74) is 0. The molecule has 0 saturated carbocycles. The second kappa shape index (κ2) is 62.6. The van der Waals surface area contributed by atoms with Crippen molar-refractivity contribution in [2.24, 2.45) is 23.7 Å². The van der Waals surface area contributed by atoms with Gasteiger partial charge in [0.05, 0.1) is 26.4 Å². The Morgan fingerprint density at radius 3 is 0.772 bits per heavy atom. The van der Waals surface area contributed by atoms with Crippen LogP contribution in [0.2, 0.25) is 0 Å². The van der Waals surface area contributed by atoms with E-state index in [9.17, 15) is 43.2 Å². The minimum atomic E-state index is -4.96. The normalized spacial score (nSPS) is 14.5. The predicted octanol–water partition coefficient (Wildman–Crippen LogP) is 20.9. The van der Waals surface area contributed by atoms with E-state index in [0.29, 0.717) is 25.7 Å². The maximum atomic E-state index is 13.1. The standard InChI is InChI=1S/C73H142O17P2/c1-9-66(8)52-44-36-31-32-38-46-54-71(76)84-60-69(90-73(78)56-48-40-30-24-23-27-35-43-51-65(6)7)62-88-92(81,82)86-58-67(74)57-85-91(79,80)87-61-68(89-72(77)55-47-39-29-22-18-17-20-26-34-42-50-64(4)5)59-83-70(75)53-45-37-28-21-16-14-12-10-11-13-15-19-25-33-41-49-63(2)3/h63-69,74H,9-62H2,1-8H3,(H,79,80)(H,81,82)/t66?,67-,68-,69-/m1/s1. The summed E-state index contributed by atoms with van der Waals surface area (Å²) in [6.07, 6.45) is 45.9. The molecule has 0 bridgehead atoms. The molecule has 17 nitrogen and oxygen atoms in total. The number of phosphoric acid groups is 2. The van der Waals surface area contributed by atoms with Crippen LogP contribution >= 0.6 is 15.6 Å². The summed E-state index contributed by atoms with van der Waals surface area (Å²) in [7, 11) is -9.91. The van der Waals surface area contributed by atoms with Gasteiger partial charge in [0.15, 0.2) is 12.2 Å². The molecule has 0 fully saturated rings. The Morgan fingerprint density at radius 2 is 0.522 bits per heavy atom. The first kappa shape index (κ1) is 90.1. The Hall–Kier alpha value is -1.94. The van der Waals surface area contributed by atoms with Crippen molar-refractivity contribution in [3.8, 4) is 0 Å². The van der Waals surface area contributed by atoms with Crippen LogP contribution in [0.1, 0.15) is 364 Å². The Labute approximate surface area is 562 Å². The largest absolute Gasteiger partial charge is 0.472 e. The SMILES string of the molecule is CCC(C)CCCCCCCCC(=O)OC[C@H](COP(=O)(O)OC[C@H](O)COP(=O)(O)OC[C@@H](COC(=O)CCCCCCCCCCCCCCCCCC(C)C)OC(=O)CCCCCCCCCCCCC(C)C)OC(=O)CCCCCCCCCCC(C)C. The van der Waals surface area contributed by atoms with Gasteiger partial charge in [-0.15, -0.1) is 0 Å². The van der Waals surface area contributed by atoms with Crippen LogP contribution in [-0.4, -0.2) is 96.7 Å². The molecule has 0 heterocycles. The number of ether oxygens (including phenoxy) is 4. The Balaban J connectivity index is 5.23. The predicted molar refractivity (Wildman–Crippen MR) is 372 cm³/mol. The number of unbranched alkanes of at least 4 members (excludes halogenated alkanes) is 35. The quantitative estimate of drug-likeness (QED) is 0.0222. The highest BCUT2D eigenvalue weighted by molar-refractivity contribution is 7.47. The van der Waals surface area contributed by atoms with Crippen LogP contribution in [0, 0.1) is 23.7 Å². The maximum absolute atomic E-state index is 13.1. The van der Waals surface area contributed by atoms with Gasteiger partial charge in [-0.2, -0.15) is 0 Å². The lowest BCUT2D eigenvalue weighted by Gasteiger charge is -2.21. The van der Waals surface area contributed by atoms with E-state index in [1.165, 1.54) is 161 Å². The van der Waals surface area contributed by atoms with Gasteiger partial charge in [-0.1, -0.05) is 312 Å². The van der Waals surface area contributed by atoms with Gasteiger partial charge < -0.3 is 33.8 Å². The second-order valence-corrected chi connectivity index (χ2v) is 30.9. The minimum absolute atomic E-state index is 0.103. The highest BCUT2D eigenvalue weighted by Gasteiger charge is 2.30. The highest BCUT2D eigenvalue weighted by atomic mass is 31.2. The zero-order chi connectivity index (χ0) is 68.2. The van der Waals surface area contributed by atoms with E-state index in [1.54, 1.807) is 0 Å². The number of hydrogen-bond acceptors (Lipinski definition) is 15. The topological polar surface area (TPSA) is 237 Å². The van der Waals surface area contributed by atoms with Crippen LogP contribution in [0.5, 0.6) is 0 Å². The molecule has 3 unspecified atom stereocenters. The van der Waals surface area contributed by atoms with Crippen LogP contribution < -0.4 is 0 Å². The number of esters is 4. The van der Waals surface area contributed by atoms with Crippen LogP contribution in [0.4, 0.5) is 0 Å². The maximum Gasteiger partial charge on any atom is 0.472 e. The first-order valence-corrected chi connectivity index (χ1v) is 40.7. The number of carbonyl (C=O) groups is 4. The molecule has 0 aromatic heterocycles. The van der Waals surface area contributed by atoms with E-state index >= 15 is 0 Å². The lowest BCUT2D eigenvalue weighted by Crippen LogP contribution is -2.30. The van der Waals surface area contributed by atoms with E-state index in [4.69, 9.17) is 37.0 Å². The third-order valence-corrected chi connectivity index (χ3v) is 19.1. The van der Waals surface area contributed by atoms with Gasteiger partial charge in [0.25, 0.3) is 0 Å². The number of carbonyl (C=O) groups excluding carboxylic acids is 4. The number of aliphatic hydroxyl groups excluding tert-OH is 1. The average molecular weight is 1350 g/mol. The summed E-state index contributed by atoms with van der Waals surface area (Å²) in [4.78, 5) is 72.6. The third kappa shape index (κ3) is 65.4. The van der Waals surface area contributed by atoms with Gasteiger partial charge in [-0.05, 0) is 49.4 Å². The molecule has 19 heteroatoms. The molecular formula is C73H142O17P2. The molecule has 0 amide bonds. The molecule has 0 aliphatic heterocycles. The number of rotatable bonds is 70. The zero-order valence-corrected chi connectivity index (χ0v) is 62.0. The summed E-state index contributed by atoms with van der Waals surface area (Å²) in [5, 5.41) is 10.6. The number of aliphatic hydroxyl groups is 1. The number of phosphoric ester groups is 2. The molecule has 0 rings (SSSR count). The summed E-state index contributed by atoms with van der Waals surface area (Å²) < 4.78 is 68.4. The lowest BCUT2D eigenvalue weighted by atomic mass is 10.00. The van der Waals surface area contributed by atoms with E-state index in [2.05, 4.69) is 55.4 Å². The van der Waals surface area contributed by atoms with Gasteiger partial charge in [0.2, 0.25) is 0 Å². The highest BCUT2D eigenvalue weighted by Crippen LogP contribution is 2.45. The van der Waals surface area contributed by atoms with Crippen LogP contribution in [-0.2, 0) is 65.4 Å². The van der Waals surface area contributed by atoms with Gasteiger partial charge in [0.1, 0.15) is 19.3 Å². The van der Waals surface area contributed by atoms with E-state index in [0.717, 1.165) is 120 Å². The van der Waals surface area contributed by atoms with Gasteiger partial charge in [-0.3, -0.25) is 37.3 Å². The summed E-state index contributed by atoms with van der Waals surface area (Å²) in [6, 6.07) is 0. The zero-order valence-electron chi connectivity index (χ0n) is 60.2. The Kier molecular flexibility index (Phi) is 61.3. The van der Waals surface area contributed by atoms with E-state index in [1.807, 2.05) is 0 Å². The Bertz CT molecular complexity index is 1820. The van der Waals surface area contributed by atoms with Gasteiger partial charge >= 0.3 is 39.5 Å². The summed E-state index contributed by atoms with van der Waals surface area (Å²) in [6.45, 7) is 14.1. The Morgan fingerprint density at radius 1 is 0.304 bits per heavy atom. The van der Waals surface area contributed by atoms with Crippen molar-refractivity contribution in [2.75, 3.05) is 39.6 Å². The summed E-state index contributed by atoms with van der Waals surface area (Å²) >= 11 is 0. The van der Waals surface area contributed by atoms with Crippen molar-refractivity contribution >= 4 is 39.5 Å². The molecule has 0 spiro atoms. The van der Waals surface area contributed by atoms with E-state index in [-0.39, 0.29) is 25.7 Å². The van der Waals surface area contributed by atoms with Gasteiger partial charge in [-0.25, -0.2) is 9.13 Å². The van der Waals surface area contributed by atoms with Crippen molar-refractivity contribution in [1.82, 2.24) is 0 Å². The van der Waals surface area contributed by atoms with Gasteiger partial charge in [0, 0.05) is 25.7 Å². The van der Waals surface area contributed by atoms with Crippen molar-refractivity contribution in [3.63, 3.8) is 0 Å². The fourth-order valence-electron chi connectivity index (χ4n) is 11.0.